The number of alkyl halides is 3. The zero-order chi connectivity index (χ0) is 13.3. The molecule has 17 heavy (non-hydrogen) atoms. The molecule has 0 aliphatic rings. The number of anilines is 1. The Hall–Kier alpha value is -1.37. The fourth-order valence-electron chi connectivity index (χ4n) is 1.15. The average molecular weight is 265 g/mol. The van der Waals surface area contributed by atoms with Crippen LogP contribution >= 0.6 is 0 Å². The summed E-state index contributed by atoms with van der Waals surface area (Å²) in [6, 6.07) is 3.66. The van der Waals surface area contributed by atoms with E-state index in [2.05, 4.69) is 4.74 Å². The zero-order valence-corrected chi connectivity index (χ0v) is 10.8. The van der Waals surface area contributed by atoms with E-state index in [-0.39, 0.29) is 11.4 Å². The third-order valence-corrected chi connectivity index (χ3v) is 2.46. The second-order valence-corrected chi connectivity index (χ2v) is 8.89. The van der Waals surface area contributed by atoms with Gasteiger partial charge >= 0.3 is 6.36 Å². The molecule has 1 aromatic rings. The summed E-state index contributed by atoms with van der Waals surface area (Å²) in [5, 5.41) is 0. The molecule has 1 aromatic carbocycles. The van der Waals surface area contributed by atoms with Crippen LogP contribution < -0.4 is 14.9 Å². The lowest BCUT2D eigenvalue weighted by Crippen LogP contribution is -2.29. The maximum atomic E-state index is 12.0. The van der Waals surface area contributed by atoms with Gasteiger partial charge in [-0.2, -0.15) is 0 Å². The topological polar surface area (TPSA) is 44.5 Å². The SMILES string of the molecule is C[Si](C)(C)Oc1ccc(OC(F)(F)F)cc1N. The molecule has 0 unspecified atom stereocenters. The molecule has 0 aliphatic carbocycles. The Labute approximate surface area is 98.5 Å². The number of rotatable bonds is 3. The maximum Gasteiger partial charge on any atom is 0.573 e. The van der Waals surface area contributed by atoms with Gasteiger partial charge in [-0.1, -0.05) is 0 Å². The predicted molar refractivity (Wildman–Crippen MR) is 61.5 cm³/mol. The van der Waals surface area contributed by atoms with E-state index in [4.69, 9.17) is 10.2 Å². The summed E-state index contributed by atoms with van der Waals surface area (Å²) in [7, 11) is -1.84. The zero-order valence-electron chi connectivity index (χ0n) is 9.76. The van der Waals surface area contributed by atoms with Gasteiger partial charge in [0.25, 0.3) is 0 Å². The Bertz CT molecular complexity index is 402. The molecule has 0 fully saturated rings. The van der Waals surface area contributed by atoms with Crippen LogP contribution in [0.25, 0.3) is 0 Å². The second kappa shape index (κ2) is 4.48. The Morgan fingerprint density at radius 3 is 2.18 bits per heavy atom. The third kappa shape index (κ3) is 4.99. The number of ether oxygens (including phenoxy) is 1. The highest BCUT2D eigenvalue weighted by Crippen LogP contribution is 2.31. The molecule has 0 saturated heterocycles. The lowest BCUT2D eigenvalue weighted by molar-refractivity contribution is -0.274. The highest BCUT2D eigenvalue weighted by atomic mass is 28.4. The summed E-state index contributed by atoms with van der Waals surface area (Å²) in [5.41, 5.74) is 5.73. The number of benzene rings is 1. The van der Waals surface area contributed by atoms with Crippen molar-refractivity contribution in [1.82, 2.24) is 0 Å². The monoisotopic (exact) mass is 265 g/mol. The minimum absolute atomic E-state index is 0.133. The Morgan fingerprint density at radius 1 is 1.18 bits per heavy atom. The quantitative estimate of drug-likeness (QED) is 0.673. The molecular formula is C10H14F3NO2Si. The van der Waals surface area contributed by atoms with Crippen LogP contribution in [0, 0.1) is 0 Å². The van der Waals surface area contributed by atoms with Gasteiger partial charge < -0.3 is 14.9 Å². The van der Waals surface area contributed by atoms with Crippen molar-refractivity contribution < 1.29 is 22.3 Å². The summed E-state index contributed by atoms with van der Waals surface area (Å²) in [4.78, 5) is 0. The molecule has 0 spiro atoms. The minimum Gasteiger partial charge on any atom is -0.543 e. The normalized spacial score (nSPS) is 12.4. The van der Waals surface area contributed by atoms with Gasteiger partial charge in [0.2, 0.25) is 8.32 Å². The maximum absolute atomic E-state index is 12.0. The van der Waals surface area contributed by atoms with Crippen molar-refractivity contribution in [1.29, 1.82) is 0 Å². The minimum atomic E-state index is -4.71. The van der Waals surface area contributed by atoms with E-state index < -0.39 is 14.7 Å². The molecule has 96 valence electrons. The molecule has 0 aliphatic heterocycles. The Morgan fingerprint density at radius 2 is 1.76 bits per heavy atom. The largest absolute Gasteiger partial charge is 0.573 e. The van der Waals surface area contributed by atoms with Crippen LogP contribution in [0.1, 0.15) is 0 Å². The van der Waals surface area contributed by atoms with E-state index >= 15 is 0 Å². The number of nitrogen functional groups attached to an aromatic ring is 1. The molecule has 0 saturated carbocycles. The van der Waals surface area contributed by atoms with Crippen LogP contribution in [-0.4, -0.2) is 14.7 Å². The molecule has 1 rings (SSSR count). The van der Waals surface area contributed by atoms with Crippen molar-refractivity contribution in [3.63, 3.8) is 0 Å². The molecule has 0 heterocycles. The van der Waals surface area contributed by atoms with Gasteiger partial charge in [-0.3, -0.25) is 0 Å². The van der Waals surface area contributed by atoms with Gasteiger partial charge in [-0.25, -0.2) is 0 Å². The van der Waals surface area contributed by atoms with Crippen LogP contribution in [0.2, 0.25) is 19.6 Å². The fourth-order valence-corrected chi connectivity index (χ4v) is 1.99. The second-order valence-electron chi connectivity index (χ2n) is 4.46. The van der Waals surface area contributed by atoms with E-state index in [9.17, 15) is 13.2 Å². The van der Waals surface area contributed by atoms with Gasteiger partial charge in [-0.05, 0) is 31.8 Å². The fraction of sp³-hybridized carbons (Fsp3) is 0.400. The summed E-state index contributed by atoms with van der Waals surface area (Å²) in [6.45, 7) is 5.85. The molecule has 2 N–H and O–H groups in total. The highest BCUT2D eigenvalue weighted by molar-refractivity contribution is 6.70. The Balaban J connectivity index is 2.87. The van der Waals surface area contributed by atoms with Crippen molar-refractivity contribution in [2.75, 3.05) is 5.73 Å². The van der Waals surface area contributed by atoms with Crippen LogP contribution in [-0.2, 0) is 0 Å². The van der Waals surface area contributed by atoms with Gasteiger partial charge in [0.05, 0.1) is 5.69 Å². The lowest BCUT2D eigenvalue weighted by atomic mass is 10.3. The smallest absolute Gasteiger partial charge is 0.543 e. The number of hydrogen-bond acceptors (Lipinski definition) is 3. The molecule has 3 nitrogen and oxygen atoms in total. The highest BCUT2D eigenvalue weighted by Gasteiger charge is 2.31. The molecule has 7 heteroatoms. The van der Waals surface area contributed by atoms with E-state index in [0.717, 1.165) is 6.07 Å². The van der Waals surface area contributed by atoms with Crippen LogP contribution in [0.4, 0.5) is 18.9 Å². The van der Waals surface area contributed by atoms with Crippen molar-refractivity contribution in [2.45, 2.75) is 26.0 Å². The van der Waals surface area contributed by atoms with Gasteiger partial charge in [-0.15, -0.1) is 13.2 Å². The van der Waals surface area contributed by atoms with Crippen molar-refractivity contribution in [2.24, 2.45) is 0 Å². The summed E-state index contributed by atoms with van der Waals surface area (Å²) in [6.07, 6.45) is -4.71. The predicted octanol–water partition coefficient (Wildman–Crippen LogP) is 3.38. The molecule has 0 radical (unpaired) electrons. The van der Waals surface area contributed by atoms with Crippen molar-refractivity contribution in [3.8, 4) is 11.5 Å². The molecular weight excluding hydrogens is 251 g/mol. The summed E-state index contributed by atoms with van der Waals surface area (Å²) in [5.74, 6) is 0.0385. The first-order valence-electron chi connectivity index (χ1n) is 4.91. The van der Waals surface area contributed by atoms with Gasteiger partial charge in [0.15, 0.2) is 0 Å². The van der Waals surface area contributed by atoms with Crippen molar-refractivity contribution in [3.05, 3.63) is 18.2 Å². The van der Waals surface area contributed by atoms with E-state index in [0.29, 0.717) is 5.75 Å². The summed E-state index contributed by atoms with van der Waals surface area (Å²) < 4.78 is 45.2. The first kappa shape index (κ1) is 13.7. The number of nitrogens with two attached hydrogens (primary N) is 1. The number of hydrogen-bond donors (Lipinski definition) is 1. The first-order valence-corrected chi connectivity index (χ1v) is 8.32. The Kier molecular flexibility index (Phi) is 3.61. The molecule has 0 atom stereocenters. The lowest BCUT2D eigenvalue weighted by Gasteiger charge is -2.21. The first-order chi connectivity index (χ1) is 7.57. The molecule has 0 amide bonds. The summed E-state index contributed by atoms with van der Waals surface area (Å²) >= 11 is 0. The van der Waals surface area contributed by atoms with Crippen LogP contribution in [0.5, 0.6) is 11.5 Å². The molecule has 0 aromatic heterocycles. The van der Waals surface area contributed by atoms with E-state index in [1.807, 2.05) is 19.6 Å². The van der Waals surface area contributed by atoms with Crippen LogP contribution in [0.3, 0.4) is 0 Å². The standard InChI is InChI=1S/C10H14F3NO2Si/c1-17(2,3)16-9-5-4-7(6-8(9)14)15-10(11,12)13/h4-6H,14H2,1-3H3. The van der Waals surface area contributed by atoms with Crippen LogP contribution in [0.15, 0.2) is 18.2 Å². The third-order valence-electron chi connectivity index (χ3n) is 1.63. The van der Waals surface area contributed by atoms with E-state index in [1.54, 1.807) is 0 Å². The van der Waals surface area contributed by atoms with Gasteiger partial charge in [0, 0.05) is 6.07 Å². The molecule has 0 bridgehead atoms. The van der Waals surface area contributed by atoms with E-state index in [1.165, 1.54) is 12.1 Å². The number of halogens is 3. The average Bonchev–Trinajstić information content (AvgIpc) is 2.05. The van der Waals surface area contributed by atoms with Crippen molar-refractivity contribution >= 4 is 14.0 Å². The van der Waals surface area contributed by atoms with Gasteiger partial charge in [0.1, 0.15) is 11.5 Å².